The van der Waals surface area contributed by atoms with Crippen LogP contribution in [0.25, 0.3) is 0 Å². The quantitative estimate of drug-likeness (QED) is 0.815. The predicted octanol–water partition coefficient (Wildman–Crippen LogP) is 0.823. The van der Waals surface area contributed by atoms with Gasteiger partial charge in [-0.1, -0.05) is 0 Å². The first-order chi connectivity index (χ1) is 8.26. The molecular weight excluding hydrogens is 228 g/mol. The number of carbonyl (C=O) groups is 1. The van der Waals surface area contributed by atoms with Crippen LogP contribution < -0.4 is 11.1 Å². The van der Waals surface area contributed by atoms with Gasteiger partial charge in [0.2, 0.25) is 5.91 Å². The molecule has 0 saturated carbocycles. The molecule has 0 aliphatic carbocycles. The van der Waals surface area contributed by atoms with Gasteiger partial charge in [0, 0.05) is 31.2 Å². The maximum absolute atomic E-state index is 11.8. The van der Waals surface area contributed by atoms with Gasteiger partial charge in [-0.05, 0) is 39.7 Å². The van der Waals surface area contributed by atoms with Crippen molar-refractivity contribution in [2.45, 2.75) is 46.1 Å². The third kappa shape index (κ3) is 3.57. The van der Waals surface area contributed by atoms with E-state index >= 15 is 0 Å². The molecule has 0 atom stereocenters. The van der Waals surface area contributed by atoms with E-state index in [-0.39, 0.29) is 11.4 Å². The molecule has 1 rings (SSSR count). The van der Waals surface area contributed by atoms with Crippen molar-refractivity contribution in [3.05, 3.63) is 17.0 Å². The maximum atomic E-state index is 11.8. The standard InChI is InChI=1S/C13H24N4O/c1-9-11(10(2)17(5)16-9)6-7-12(18)15-13(3,4)8-14/h6-8,14H2,1-5H3,(H,15,18). The molecule has 0 fully saturated rings. The Labute approximate surface area is 109 Å². The predicted molar refractivity (Wildman–Crippen MR) is 72.3 cm³/mol. The summed E-state index contributed by atoms with van der Waals surface area (Å²) in [5, 5.41) is 7.28. The molecule has 1 heterocycles. The Bertz CT molecular complexity index is 434. The molecule has 0 radical (unpaired) electrons. The number of amides is 1. The summed E-state index contributed by atoms with van der Waals surface area (Å²) in [7, 11) is 1.92. The van der Waals surface area contributed by atoms with Gasteiger partial charge in [-0.2, -0.15) is 5.10 Å². The molecule has 18 heavy (non-hydrogen) atoms. The van der Waals surface area contributed by atoms with Crippen LogP contribution in [0.3, 0.4) is 0 Å². The molecule has 0 aromatic carbocycles. The van der Waals surface area contributed by atoms with E-state index in [0.29, 0.717) is 13.0 Å². The van der Waals surface area contributed by atoms with E-state index in [4.69, 9.17) is 5.73 Å². The molecule has 0 unspecified atom stereocenters. The van der Waals surface area contributed by atoms with Crippen molar-refractivity contribution in [2.75, 3.05) is 6.54 Å². The molecule has 0 aliphatic rings. The molecular formula is C13H24N4O. The van der Waals surface area contributed by atoms with Gasteiger partial charge in [0.05, 0.1) is 5.69 Å². The van der Waals surface area contributed by atoms with Crippen LogP contribution in [0, 0.1) is 13.8 Å². The summed E-state index contributed by atoms with van der Waals surface area (Å²) in [6, 6.07) is 0. The number of aromatic nitrogens is 2. The first kappa shape index (κ1) is 14.7. The lowest BCUT2D eigenvalue weighted by molar-refractivity contribution is -0.122. The van der Waals surface area contributed by atoms with Crippen molar-refractivity contribution in [2.24, 2.45) is 12.8 Å². The summed E-state index contributed by atoms with van der Waals surface area (Å²) in [6.45, 7) is 8.28. The normalized spacial score (nSPS) is 11.7. The fraction of sp³-hybridized carbons (Fsp3) is 0.692. The minimum absolute atomic E-state index is 0.0353. The SMILES string of the molecule is Cc1nn(C)c(C)c1CCC(=O)NC(C)(C)CN. The van der Waals surface area contributed by atoms with Crippen LogP contribution in [0.4, 0.5) is 0 Å². The molecule has 3 N–H and O–H groups in total. The fourth-order valence-corrected chi connectivity index (χ4v) is 1.91. The minimum atomic E-state index is -0.337. The fourth-order valence-electron chi connectivity index (χ4n) is 1.91. The smallest absolute Gasteiger partial charge is 0.220 e. The van der Waals surface area contributed by atoms with E-state index in [1.54, 1.807) is 0 Å². The van der Waals surface area contributed by atoms with Gasteiger partial charge < -0.3 is 11.1 Å². The molecule has 5 heteroatoms. The molecule has 0 bridgehead atoms. The molecule has 102 valence electrons. The number of nitrogens with zero attached hydrogens (tertiary/aromatic N) is 2. The van der Waals surface area contributed by atoms with Gasteiger partial charge in [-0.3, -0.25) is 9.48 Å². The molecule has 0 spiro atoms. The molecule has 5 nitrogen and oxygen atoms in total. The van der Waals surface area contributed by atoms with Crippen LogP contribution in [0.2, 0.25) is 0 Å². The number of nitrogens with two attached hydrogens (primary N) is 1. The minimum Gasteiger partial charge on any atom is -0.350 e. The summed E-state index contributed by atoms with van der Waals surface area (Å²) < 4.78 is 1.85. The Hall–Kier alpha value is -1.36. The average Bonchev–Trinajstić information content (AvgIpc) is 2.50. The van der Waals surface area contributed by atoms with Crippen LogP contribution >= 0.6 is 0 Å². The van der Waals surface area contributed by atoms with E-state index in [2.05, 4.69) is 10.4 Å². The number of aryl methyl sites for hydroxylation is 2. The number of nitrogens with one attached hydrogen (secondary N) is 1. The molecule has 1 aromatic rings. The van der Waals surface area contributed by atoms with E-state index in [9.17, 15) is 4.79 Å². The Morgan fingerprint density at radius 2 is 2.06 bits per heavy atom. The van der Waals surface area contributed by atoms with Crippen LogP contribution in [-0.2, 0) is 18.3 Å². The lowest BCUT2D eigenvalue weighted by Gasteiger charge is -2.24. The molecule has 1 aromatic heterocycles. The van der Waals surface area contributed by atoms with Crippen LogP contribution in [-0.4, -0.2) is 27.8 Å². The Balaban J connectivity index is 2.58. The van der Waals surface area contributed by atoms with Crippen molar-refractivity contribution in [3.63, 3.8) is 0 Å². The van der Waals surface area contributed by atoms with Crippen LogP contribution in [0.5, 0.6) is 0 Å². The molecule has 0 saturated heterocycles. The number of carbonyl (C=O) groups excluding carboxylic acids is 1. The lowest BCUT2D eigenvalue weighted by Crippen LogP contribution is -2.48. The first-order valence-electron chi connectivity index (χ1n) is 6.27. The largest absolute Gasteiger partial charge is 0.350 e. The summed E-state index contributed by atoms with van der Waals surface area (Å²) in [5.41, 5.74) is 8.54. The second-order valence-electron chi connectivity index (χ2n) is 5.41. The Morgan fingerprint density at radius 1 is 1.44 bits per heavy atom. The molecule has 0 aliphatic heterocycles. The maximum Gasteiger partial charge on any atom is 0.220 e. The summed E-state index contributed by atoms with van der Waals surface area (Å²) in [5.74, 6) is 0.0353. The Kier molecular flexibility index (Phi) is 4.51. The van der Waals surface area contributed by atoms with Crippen molar-refractivity contribution < 1.29 is 4.79 Å². The van der Waals surface area contributed by atoms with Gasteiger partial charge in [0.1, 0.15) is 0 Å². The van der Waals surface area contributed by atoms with E-state index in [1.165, 1.54) is 5.56 Å². The molecule has 1 amide bonds. The highest BCUT2D eigenvalue weighted by Crippen LogP contribution is 2.14. The highest BCUT2D eigenvalue weighted by molar-refractivity contribution is 5.77. The van der Waals surface area contributed by atoms with E-state index in [0.717, 1.165) is 17.8 Å². The van der Waals surface area contributed by atoms with Crippen molar-refractivity contribution in [1.29, 1.82) is 0 Å². The van der Waals surface area contributed by atoms with E-state index in [1.807, 2.05) is 39.4 Å². The first-order valence-corrected chi connectivity index (χ1v) is 6.27. The van der Waals surface area contributed by atoms with Gasteiger partial charge in [-0.15, -0.1) is 0 Å². The van der Waals surface area contributed by atoms with Crippen molar-refractivity contribution in [1.82, 2.24) is 15.1 Å². The van der Waals surface area contributed by atoms with Gasteiger partial charge in [-0.25, -0.2) is 0 Å². The van der Waals surface area contributed by atoms with Gasteiger partial charge in [0.15, 0.2) is 0 Å². The van der Waals surface area contributed by atoms with Crippen LogP contribution in [0.1, 0.15) is 37.2 Å². The third-order valence-electron chi connectivity index (χ3n) is 3.25. The number of hydrogen-bond donors (Lipinski definition) is 2. The Morgan fingerprint density at radius 3 is 2.50 bits per heavy atom. The highest BCUT2D eigenvalue weighted by Gasteiger charge is 2.18. The zero-order valence-corrected chi connectivity index (χ0v) is 12.0. The van der Waals surface area contributed by atoms with E-state index < -0.39 is 0 Å². The summed E-state index contributed by atoms with van der Waals surface area (Å²) in [6.07, 6.45) is 1.19. The summed E-state index contributed by atoms with van der Waals surface area (Å²) >= 11 is 0. The number of rotatable bonds is 5. The zero-order valence-electron chi connectivity index (χ0n) is 12.0. The third-order valence-corrected chi connectivity index (χ3v) is 3.25. The lowest BCUT2D eigenvalue weighted by atomic mass is 10.0. The van der Waals surface area contributed by atoms with Gasteiger partial charge >= 0.3 is 0 Å². The number of hydrogen-bond acceptors (Lipinski definition) is 3. The van der Waals surface area contributed by atoms with Crippen molar-refractivity contribution >= 4 is 5.91 Å². The summed E-state index contributed by atoms with van der Waals surface area (Å²) in [4.78, 5) is 11.8. The monoisotopic (exact) mass is 252 g/mol. The van der Waals surface area contributed by atoms with Crippen molar-refractivity contribution in [3.8, 4) is 0 Å². The second-order valence-corrected chi connectivity index (χ2v) is 5.41. The average molecular weight is 252 g/mol. The second kappa shape index (κ2) is 5.52. The topological polar surface area (TPSA) is 72.9 Å². The zero-order chi connectivity index (χ0) is 13.9. The van der Waals surface area contributed by atoms with Gasteiger partial charge in [0.25, 0.3) is 0 Å². The van der Waals surface area contributed by atoms with Crippen LogP contribution in [0.15, 0.2) is 0 Å². The highest BCUT2D eigenvalue weighted by atomic mass is 16.1.